The Balaban J connectivity index is 1.52. The maximum absolute atomic E-state index is 12.0. The van der Waals surface area contributed by atoms with Crippen molar-refractivity contribution in [3.63, 3.8) is 0 Å². The number of para-hydroxylation sites is 1. The topological polar surface area (TPSA) is 76.7 Å². The van der Waals surface area contributed by atoms with Gasteiger partial charge in [0.25, 0.3) is 5.91 Å². The van der Waals surface area contributed by atoms with Gasteiger partial charge in [-0.25, -0.2) is 5.43 Å². The van der Waals surface area contributed by atoms with Crippen molar-refractivity contribution in [2.24, 2.45) is 5.10 Å². The van der Waals surface area contributed by atoms with Gasteiger partial charge >= 0.3 is 0 Å². The van der Waals surface area contributed by atoms with E-state index in [9.17, 15) is 4.79 Å². The molecule has 0 bridgehead atoms. The fourth-order valence-corrected chi connectivity index (χ4v) is 2.59. The zero-order valence-corrected chi connectivity index (χ0v) is 16.0. The number of benzene rings is 3. The summed E-state index contributed by atoms with van der Waals surface area (Å²) in [5, 5.41) is 3.97. The van der Waals surface area contributed by atoms with Crippen molar-refractivity contribution in [2.75, 3.05) is 5.73 Å². The molecule has 27 heavy (non-hydrogen) atoms. The second kappa shape index (κ2) is 9.00. The maximum atomic E-state index is 12.0. The van der Waals surface area contributed by atoms with Crippen LogP contribution in [0, 0.1) is 0 Å². The molecule has 3 aromatic carbocycles. The fourth-order valence-electron chi connectivity index (χ4n) is 2.33. The van der Waals surface area contributed by atoms with Crippen LogP contribution in [-0.4, -0.2) is 12.1 Å². The molecule has 0 atom stereocenters. The van der Waals surface area contributed by atoms with Crippen LogP contribution >= 0.6 is 15.9 Å². The minimum atomic E-state index is -0.348. The van der Waals surface area contributed by atoms with Crippen LogP contribution in [0.25, 0.3) is 0 Å². The minimum absolute atomic E-state index is 0.348. The molecule has 0 saturated carbocycles. The number of amides is 1. The maximum Gasteiger partial charge on any atom is 0.273 e. The van der Waals surface area contributed by atoms with E-state index in [1.54, 1.807) is 30.5 Å². The normalized spacial score (nSPS) is 10.7. The molecule has 0 saturated heterocycles. The van der Waals surface area contributed by atoms with Gasteiger partial charge in [0.2, 0.25) is 0 Å². The number of nitrogens with zero attached hydrogens (tertiary/aromatic N) is 1. The Hall–Kier alpha value is -3.12. The minimum Gasteiger partial charge on any atom is -0.489 e. The number of hydrogen-bond acceptors (Lipinski definition) is 4. The summed E-state index contributed by atoms with van der Waals surface area (Å²) >= 11 is 3.41. The molecular weight excluding hydrogens is 406 g/mol. The average Bonchev–Trinajstić information content (AvgIpc) is 2.69. The summed E-state index contributed by atoms with van der Waals surface area (Å²) in [5.41, 5.74) is 11.0. The smallest absolute Gasteiger partial charge is 0.273 e. The molecule has 0 fully saturated rings. The van der Waals surface area contributed by atoms with Crippen LogP contribution in [0.5, 0.6) is 5.75 Å². The number of carbonyl (C=O) groups is 1. The Morgan fingerprint density at radius 3 is 2.44 bits per heavy atom. The number of anilines is 1. The highest BCUT2D eigenvalue weighted by Gasteiger charge is 2.06. The van der Waals surface area contributed by atoms with Crippen molar-refractivity contribution in [1.82, 2.24) is 5.43 Å². The first-order valence-corrected chi connectivity index (χ1v) is 9.06. The lowest BCUT2D eigenvalue weighted by Crippen LogP contribution is -2.18. The summed E-state index contributed by atoms with van der Waals surface area (Å²) in [6.45, 7) is 0.495. The van der Waals surface area contributed by atoms with E-state index in [-0.39, 0.29) is 5.91 Å². The zero-order valence-electron chi connectivity index (χ0n) is 14.4. The number of hydrogen-bond donors (Lipinski definition) is 2. The first-order valence-electron chi connectivity index (χ1n) is 8.27. The molecule has 0 aliphatic heterocycles. The molecule has 3 N–H and O–H groups in total. The van der Waals surface area contributed by atoms with E-state index in [1.807, 2.05) is 48.5 Å². The Labute approximate surface area is 166 Å². The molecule has 1 amide bonds. The number of nitrogen functional groups attached to an aromatic ring is 1. The van der Waals surface area contributed by atoms with Crippen LogP contribution in [-0.2, 0) is 6.61 Å². The van der Waals surface area contributed by atoms with E-state index in [1.165, 1.54) is 0 Å². The van der Waals surface area contributed by atoms with Crippen LogP contribution < -0.4 is 15.9 Å². The van der Waals surface area contributed by atoms with Crippen molar-refractivity contribution in [2.45, 2.75) is 6.61 Å². The molecule has 0 aliphatic carbocycles. The number of nitrogens with two attached hydrogens (primary N) is 1. The lowest BCUT2D eigenvalue weighted by atomic mass is 10.2. The quantitative estimate of drug-likeness (QED) is 0.351. The SMILES string of the molecule is Nc1ccccc1C(=O)N/N=C\c1ccc(OCc2ccc(Br)cc2)cc1. The van der Waals surface area contributed by atoms with Crippen LogP contribution in [0.2, 0.25) is 0 Å². The highest BCUT2D eigenvalue weighted by atomic mass is 79.9. The van der Waals surface area contributed by atoms with Crippen molar-refractivity contribution in [3.05, 3.63) is 94.0 Å². The number of ether oxygens (including phenoxy) is 1. The average molecular weight is 424 g/mol. The third kappa shape index (κ3) is 5.43. The zero-order chi connectivity index (χ0) is 19.1. The molecule has 0 aliphatic rings. The third-order valence-corrected chi connectivity index (χ3v) is 4.31. The number of halogens is 1. The molecule has 0 aromatic heterocycles. The van der Waals surface area contributed by atoms with Crippen LogP contribution in [0.3, 0.4) is 0 Å². The fraction of sp³-hybridized carbons (Fsp3) is 0.0476. The van der Waals surface area contributed by atoms with Gasteiger partial charge in [0.05, 0.1) is 11.8 Å². The van der Waals surface area contributed by atoms with E-state index in [0.29, 0.717) is 17.9 Å². The predicted octanol–water partition coefficient (Wildman–Crippen LogP) is 4.37. The van der Waals surface area contributed by atoms with Crippen molar-refractivity contribution in [1.29, 1.82) is 0 Å². The van der Waals surface area contributed by atoms with Gasteiger partial charge in [0.1, 0.15) is 12.4 Å². The number of nitrogens with one attached hydrogen (secondary N) is 1. The molecular formula is C21H18BrN3O2. The predicted molar refractivity (Wildman–Crippen MR) is 111 cm³/mol. The highest BCUT2D eigenvalue weighted by Crippen LogP contribution is 2.15. The van der Waals surface area contributed by atoms with E-state index < -0.39 is 0 Å². The largest absolute Gasteiger partial charge is 0.489 e. The number of carbonyl (C=O) groups excluding carboxylic acids is 1. The van der Waals surface area contributed by atoms with Gasteiger partial charge in [-0.3, -0.25) is 4.79 Å². The van der Waals surface area contributed by atoms with Crippen LogP contribution in [0.4, 0.5) is 5.69 Å². The highest BCUT2D eigenvalue weighted by molar-refractivity contribution is 9.10. The van der Waals surface area contributed by atoms with Crippen LogP contribution in [0.15, 0.2) is 82.4 Å². The number of rotatable bonds is 6. The monoisotopic (exact) mass is 423 g/mol. The van der Waals surface area contributed by atoms with Gasteiger partial charge in [-0.05, 0) is 59.7 Å². The van der Waals surface area contributed by atoms with E-state index in [0.717, 1.165) is 21.3 Å². The van der Waals surface area contributed by atoms with Gasteiger partial charge < -0.3 is 10.5 Å². The van der Waals surface area contributed by atoms with Gasteiger partial charge in [0.15, 0.2) is 0 Å². The first kappa shape index (κ1) is 18.7. The number of hydrazone groups is 1. The molecule has 0 unspecified atom stereocenters. The van der Waals surface area contributed by atoms with Crippen molar-refractivity contribution in [3.8, 4) is 5.75 Å². The first-order chi connectivity index (χ1) is 13.1. The molecule has 3 aromatic rings. The Morgan fingerprint density at radius 2 is 1.74 bits per heavy atom. The molecule has 0 radical (unpaired) electrons. The van der Waals surface area contributed by atoms with Crippen molar-refractivity contribution < 1.29 is 9.53 Å². The lowest BCUT2D eigenvalue weighted by Gasteiger charge is -2.06. The van der Waals surface area contributed by atoms with E-state index in [4.69, 9.17) is 10.5 Å². The molecule has 3 rings (SSSR count). The Morgan fingerprint density at radius 1 is 1.04 bits per heavy atom. The molecule has 136 valence electrons. The summed E-state index contributed by atoms with van der Waals surface area (Å²) in [6.07, 6.45) is 1.57. The summed E-state index contributed by atoms with van der Waals surface area (Å²) in [4.78, 5) is 12.0. The second-order valence-electron chi connectivity index (χ2n) is 5.77. The lowest BCUT2D eigenvalue weighted by molar-refractivity contribution is 0.0956. The Bertz CT molecular complexity index is 938. The summed E-state index contributed by atoms with van der Waals surface area (Å²) in [6, 6.07) is 22.3. The summed E-state index contributed by atoms with van der Waals surface area (Å²) < 4.78 is 6.80. The van der Waals surface area contributed by atoms with Gasteiger partial charge in [0, 0.05) is 10.2 Å². The van der Waals surface area contributed by atoms with Gasteiger partial charge in [-0.2, -0.15) is 5.10 Å². The molecule has 0 heterocycles. The van der Waals surface area contributed by atoms with E-state index in [2.05, 4.69) is 26.5 Å². The standard InChI is InChI=1S/C21H18BrN3O2/c22-17-9-5-16(6-10-17)14-27-18-11-7-15(8-12-18)13-24-25-21(26)19-3-1-2-4-20(19)23/h1-13H,14,23H2,(H,25,26)/b24-13-. The van der Waals surface area contributed by atoms with Gasteiger partial charge in [-0.15, -0.1) is 0 Å². The van der Waals surface area contributed by atoms with Gasteiger partial charge in [-0.1, -0.05) is 40.2 Å². The molecule has 6 heteroatoms. The molecule has 5 nitrogen and oxygen atoms in total. The Kier molecular flexibility index (Phi) is 6.22. The second-order valence-corrected chi connectivity index (χ2v) is 6.69. The summed E-state index contributed by atoms with van der Waals surface area (Å²) in [5.74, 6) is 0.412. The summed E-state index contributed by atoms with van der Waals surface area (Å²) in [7, 11) is 0. The third-order valence-electron chi connectivity index (χ3n) is 3.78. The van der Waals surface area contributed by atoms with Crippen molar-refractivity contribution >= 4 is 33.7 Å². The van der Waals surface area contributed by atoms with Crippen LogP contribution in [0.1, 0.15) is 21.5 Å². The molecule has 0 spiro atoms. The van der Waals surface area contributed by atoms with E-state index >= 15 is 0 Å².